The third kappa shape index (κ3) is 5.37. The van der Waals surface area contributed by atoms with Crippen molar-refractivity contribution in [2.24, 2.45) is 0 Å². The Morgan fingerprint density at radius 1 is 1.18 bits per heavy atom. The first-order valence-electron chi connectivity index (χ1n) is 10.4. The predicted molar refractivity (Wildman–Crippen MR) is 121 cm³/mol. The largest absolute Gasteiger partial charge is 0.350 e. The topological polar surface area (TPSA) is 106 Å². The number of imidazole rings is 1. The monoisotopic (exact) mass is 475 g/mol. The summed E-state index contributed by atoms with van der Waals surface area (Å²) in [7, 11) is -3.77. The first-order valence-corrected chi connectivity index (χ1v) is 11.9. The van der Waals surface area contributed by atoms with Crippen LogP contribution in [0, 0.1) is 12.7 Å². The average molecular weight is 476 g/mol. The minimum absolute atomic E-state index is 0.0468. The molecule has 0 aliphatic carbocycles. The fourth-order valence-electron chi connectivity index (χ4n) is 3.40. The van der Waals surface area contributed by atoms with Gasteiger partial charge in [0.25, 0.3) is 5.56 Å². The number of pyridine rings is 1. The SMILES string of the molecule is CCN(CC)S(=O)(=O)c1ccc(=O)n(CC(=O)NCc2ccc(-n3ccnc3C)c(F)c2)c1. The second-order valence-corrected chi connectivity index (χ2v) is 9.27. The Bertz CT molecular complexity index is 1310. The number of nitrogens with zero attached hydrogens (tertiary/aromatic N) is 4. The average Bonchev–Trinajstić information content (AvgIpc) is 3.20. The van der Waals surface area contributed by atoms with E-state index in [2.05, 4.69) is 10.3 Å². The van der Waals surface area contributed by atoms with Crippen LogP contribution in [0.1, 0.15) is 25.2 Å². The summed E-state index contributed by atoms with van der Waals surface area (Å²) in [6.45, 7) is 5.45. The lowest BCUT2D eigenvalue weighted by molar-refractivity contribution is -0.121. The lowest BCUT2D eigenvalue weighted by atomic mass is 10.2. The second-order valence-electron chi connectivity index (χ2n) is 7.33. The number of aryl methyl sites for hydroxylation is 1. The molecule has 1 amide bonds. The zero-order valence-corrected chi connectivity index (χ0v) is 19.5. The summed E-state index contributed by atoms with van der Waals surface area (Å²) < 4.78 is 43.8. The number of carbonyl (C=O) groups is 1. The van der Waals surface area contributed by atoms with Gasteiger partial charge in [0.05, 0.1) is 10.6 Å². The van der Waals surface area contributed by atoms with E-state index in [9.17, 15) is 22.4 Å². The molecule has 0 aliphatic rings. The van der Waals surface area contributed by atoms with E-state index in [0.29, 0.717) is 17.1 Å². The van der Waals surface area contributed by atoms with Gasteiger partial charge in [-0.1, -0.05) is 19.9 Å². The van der Waals surface area contributed by atoms with Crippen LogP contribution in [-0.2, 0) is 27.9 Å². The number of hydrogen-bond acceptors (Lipinski definition) is 5. The molecule has 0 saturated heterocycles. The van der Waals surface area contributed by atoms with E-state index in [1.165, 1.54) is 16.4 Å². The van der Waals surface area contributed by atoms with Crippen molar-refractivity contribution in [2.45, 2.75) is 38.8 Å². The quantitative estimate of drug-likeness (QED) is 0.508. The summed E-state index contributed by atoms with van der Waals surface area (Å²) >= 11 is 0. The molecule has 3 rings (SSSR count). The Labute approximate surface area is 191 Å². The first kappa shape index (κ1) is 24.3. The van der Waals surface area contributed by atoms with Crippen LogP contribution >= 0.6 is 0 Å². The van der Waals surface area contributed by atoms with Crippen molar-refractivity contribution in [3.05, 3.63) is 76.5 Å². The molecule has 0 fully saturated rings. The lowest BCUT2D eigenvalue weighted by Gasteiger charge is -2.19. The molecule has 0 atom stereocenters. The van der Waals surface area contributed by atoms with Crippen molar-refractivity contribution in [1.82, 2.24) is 23.7 Å². The molecule has 9 nitrogen and oxygen atoms in total. The maximum Gasteiger partial charge on any atom is 0.251 e. The van der Waals surface area contributed by atoms with Gasteiger partial charge < -0.3 is 14.5 Å². The molecule has 1 aromatic carbocycles. The molecule has 176 valence electrons. The molecule has 0 unspecified atom stereocenters. The molecule has 0 bridgehead atoms. The Morgan fingerprint density at radius 3 is 2.52 bits per heavy atom. The highest BCUT2D eigenvalue weighted by Gasteiger charge is 2.22. The number of nitrogens with one attached hydrogen (secondary N) is 1. The number of sulfonamides is 1. The number of rotatable bonds is 9. The van der Waals surface area contributed by atoms with E-state index in [0.717, 1.165) is 16.8 Å². The van der Waals surface area contributed by atoms with Gasteiger partial charge in [0.2, 0.25) is 15.9 Å². The molecule has 1 N–H and O–H groups in total. The Morgan fingerprint density at radius 2 is 1.91 bits per heavy atom. The van der Waals surface area contributed by atoms with Crippen molar-refractivity contribution in [3.63, 3.8) is 0 Å². The number of benzene rings is 1. The lowest BCUT2D eigenvalue weighted by Crippen LogP contribution is -2.34. The molecule has 0 aliphatic heterocycles. The normalized spacial score (nSPS) is 11.7. The van der Waals surface area contributed by atoms with E-state index < -0.39 is 27.3 Å². The fraction of sp³-hybridized carbons (Fsp3) is 0.318. The zero-order valence-electron chi connectivity index (χ0n) is 18.7. The van der Waals surface area contributed by atoms with E-state index in [1.54, 1.807) is 49.9 Å². The van der Waals surface area contributed by atoms with Gasteiger partial charge in [-0.3, -0.25) is 9.59 Å². The molecule has 0 radical (unpaired) electrons. The Hall–Kier alpha value is -3.31. The Kier molecular flexibility index (Phi) is 7.44. The van der Waals surface area contributed by atoms with Crippen molar-refractivity contribution >= 4 is 15.9 Å². The number of hydrogen-bond donors (Lipinski definition) is 1. The number of amides is 1. The minimum Gasteiger partial charge on any atom is -0.350 e. The van der Waals surface area contributed by atoms with E-state index in [-0.39, 0.29) is 31.1 Å². The molecule has 11 heteroatoms. The smallest absolute Gasteiger partial charge is 0.251 e. The van der Waals surface area contributed by atoms with Crippen LogP contribution in [0.3, 0.4) is 0 Å². The van der Waals surface area contributed by atoms with Gasteiger partial charge in [-0.15, -0.1) is 0 Å². The summed E-state index contributed by atoms with van der Waals surface area (Å²) in [6.07, 6.45) is 4.39. The van der Waals surface area contributed by atoms with Gasteiger partial charge in [0.1, 0.15) is 18.2 Å². The number of carbonyl (C=O) groups excluding carboxylic acids is 1. The maximum absolute atomic E-state index is 14.5. The highest BCUT2D eigenvalue weighted by atomic mass is 32.2. The summed E-state index contributed by atoms with van der Waals surface area (Å²) in [5, 5.41) is 2.63. The summed E-state index contributed by atoms with van der Waals surface area (Å²) in [6, 6.07) is 6.95. The van der Waals surface area contributed by atoms with E-state index >= 15 is 0 Å². The van der Waals surface area contributed by atoms with Crippen LogP contribution in [0.25, 0.3) is 5.69 Å². The van der Waals surface area contributed by atoms with Crippen LogP contribution in [0.2, 0.25) is 0 Å². The molecule has 33 heavy (non-hydrogen) atoms. The van der Waals surface area contributed by atoms with Gasteiger partial charge >= 0.3 is 0 Å². The van der Waals surface area contributed by atoms with Gasteiger partial charge in [-0.25, -0.2) is 17.8 Å². The van der Waals surface area contributed by atoms with Crippen molar-refractivity contribution in [3.8, 4) is 5.69 Å². The van der Waals surface area contributed by atoms with Crippen LogP contribution < -0.4 is 10.9 Å². The van der Waals surface area contributed by atoms with E-state index in [1.807, 2.05) is 0 Å². The molecule has 2 aromatic heterocycles. The van der Waals surface area contributed by atoms with Crippen molar-refractivity contribution < 1.29 is 17.6 Å². The molecule has 0 saturated carbocycles. The Balaban J connectivity index is 1.70. The van der Waals surface area contributed by atoms with Crippen LogP contribution in [0.5, 0.6) is 0 Å². The van der Waals surface area contributed by atoms with Crippen LogP contribution in [0.4, 0.5) is 4.39 Å². The third-order valence-electron chi connectivity index (χ3n) is 5.20. The van der Waals surface area contributed by atoms with Crippen molar-refractivity contribution in [1.29, 1.82) is 0 Å². The van der Waals surface area contributed by atoms with Crippen molar-refractivity contribution in [2.75, 3.05) is 13.1 Å². The predicted octanol–water partition coefficient (Wildman–Crippen LogP) is 1.83. The highest BCUT2D eigenvalue weighted by Crippen LogP contribution is 2.17. The second kappa shape index (κ2) is 10.1. The third-order valence-corrected chi connectivity index (χ3v) is 7.23. The molecular formula is C22H26FN5O4S. The van der Waals surface area contributed by atoms with Gasteiger partial charge in [-0.05, 0) is 30.7 Å². The molecular weight excluding hydrogens is 449 g/mol. The first-order chi connectivity index (χ1) is 15.7. The molecule has 0 spiro atoms. The van der Waals surface area contributed by atoms with Gasteiger partial charge in [0, 0.05) is 44.3 Å². The fourth-order valence-corrected chi connectivity index (χ4v) is 4.88. The number of halogens is 1. The van der Waals surface area contributed by atoms with Crippen LogP contribution in [0.15, 0.2) is 58.6 Å². The van der Waals surface area contributed by atoms with Gasteiger partial charge in [0.15, 0.2) is 0 Å². The molecule has 3 aromatic rings. The summed E-state index contributed by atoms with van der Waals surface area (Å²) in [4.78, 5) is 28.6. The molecule has 2 heterocycles. The van der Waals surface area contributed by atoms with Gasteiger partial charge in [-0.2, -0.15) is 4.31 Å². The number of aromatic nitrogens is 3. The summed E-state index contributed by atoms with van der Waals surface area (Å²) in [5.41, 5.74) is 0.375. The van der Waals surface area contributed by atoms with E-state index in [4.69, 9.17) is 0 Å². The summed E-state index contributed by atoms with van der Waals surface area (Å²) in [5.74, 6) is -0.330. The minimum atomic E-state index is -3.77. The highest BCUT2D eigenvalue weighted by molar-refractivity contribution is 7.89. The van der Waals surface area contributed by atoms with Crippen LogP contribution in [-0.4, -0.2) is 45.8 Å². The maximum atomic E-state index is 14.5. The zero-order chi connectivity index (χ0) is 24.2. The standard InChI is InChI=1S/C22H26FN5O4S/c1-4-27(5-2)33(31,32)18-7-9-22(30)26(14-18)15-21(29)25-13-17-6-8-20(19(23)12-17)28-11-10-24-16(28)3/h6-12,14H,4-5,13,15H2,1-3H3,(H,25,29).